The summed E-state index contributed by atoms with van der Waals surface area (Å²) in [7, 11) is -3.66. The number of hydrogen-bond acceptors (Lipinski definition) is 4. The molecule has 0 aromatic heterocycles. The first kappa shape index (κ1) is 18.6. The second kappa shape index (κ2) is 9.53. The highest BCUT2D eigenvalue weighted by Gasteiger charge is 2.12. The second-order valence-corrected chi connectivity index (χ2v) is 5.92. The fraction of sp³-hybridized carbons (Fsp3) is 0.462. The smallest absolute Gasteiger partial charge is 0.329 e. The van der Waals surface area contributed by atoms with Gasteiger partial charge in [0.2, 0.25) is 5.91 Å². The van der Waals surface area contributed by atoms with Crippen LogP contribution in [0.15, 0.2) is 24.3 Å². The predicted molar refractivity (Wildman–Crippen MR) is 78.8 cm³/mol. The summed E-state index contributed by atoms with van der Waals surface area (Å²) in [5, 5.41) is 2.56. The van der Waals surface area contributed by atoms with Crippen molar-refractivity contribution in [2.45, 2.75) is 33.6 Å². The molecule has 114 valence electrons. The summed E-state index contributed by atoms with van der Waals surface area (Å²) in [6.07, 6.45) is 2.64. The summed E-state index contributed by atoms with van der Waals surface area (Å²) < 4.78 is 15.0. The zero-order chi connectivity index (χ0) is 15.6. The molecule has 2 N–H and O–H groups in total. The van der Waals surface area contributed by atoms with Crippen LogP contribution in [-0.4, -0.2) is 17.5 Å². The maximum absolute atomic E-state index is 10.8. The minimum absolute atomic E-state index is 0.182. The third-order valence-corrected chi connectivity index (χ3v) is 2.30. The van der Waals surface area contributed by atoms with E-state index in [1.54, 1.807) is 12.1 Å². The number of rotatable bonds is 5. The van der Waals surface area contributed by atoms with Crippen molar-refractivity contribution in [2.75, 3.05) is 12.0 Å². The summed E-state index contributed by atoms with van der Waals surface area (Å²) in [6.45, 7) is 6.77. The predicted octanol–water partition coefficient (Wildman–Crippen LogP) is 3.58. The molecule has 1 rings (SSSR count). The Hall–Kier alpha value is -1.36. The van der Waals surface area contributed by atoms with E-state index in [0.29, 0.717) is 5.69 Å². The normalized spacial score (nSPS) is 12.7. The van der Waals surface area contributed by atoms with Crippen LogP contribution in [0.1, 0.15) is 33.6 Å². The summed E-state index contributed by atoms with van der Waals surface area (Å²) >= 11 is 0. The van der Waals surface area contributed by atoms with Gasteiger partial charge >= 0.3 is 7.60 Å². The monoisotopic (exact) mass is 303 g/mol. The SMILES string of the molecule is CC(=O)Nc1ccc(OOP(C)(=O)O)cc1.CCCC. The summed E-state index contributed by atoms with van der Waals surface area (Å²) in [4.78, 5) is 24.1. The van der Waals surface area contributed by atoms with Crippen LogP contribution in [0.2, 0.25) is 0 Å². The number of nitrogens with one attached hydrogen (secondary N) is 1. The van der Waals surface area contributed by atoms with Gasteiger partial charge in [0.05, 0.1) is 0 Å². The van der Waals surface area contributed by atoms with E-state index in [9.17, 15) is 9.36 Å². The standard InChI is InChI=1S/C9H12NO5P.C4H10/c1-7(11)10-8-3-5-9(6-4-8)14-15-16(2,12)13;1-3-4-2/h3-6H,1-2H3,(H,10,11)(H,12,13);3-4H2,1-2H3. The van der Waals surface area contributed by atoms with Crippen molar-refractivity contribution in [3.05, 3.63) is 24.3 Å². The van der Waals surface area contributed by atoms with Gasteiger partial charge in [0.25, 0.3) is 0 Å². The molecule has 0 saturated carbocycles. The lowest BCUT2D eigenvalue weighted by molar-refractivity contribution is -0.114. The third-order valence-electron chi connectivity index (χ3n) is 1.95. The van der Waals surface area contributed by atoms with Gasteiger partial charge in [-0.2, -0.15) is 0 Å². The summed E-state index contributed by atoms with van der Waals surface area (Å²) in [6, 6.07) is 6.16. The molecule has 0 aliphatic carbocycles. The van der Waals surface area contributed by atoms with Gasteiger partial charge in [-0.05, 0) is 24.3 Å². The molecule has 0 fully saturated rings. The van der Waals surface area contributed by atoms with Crippen molar-refractivity contribution < 1.29 is 23.8 Å². The molecule has 1 amide bonds. The van der Waals surface area contributed by atoms with Crippen molar-refractivity contribution >= 4 is 19.2 Å². The van der Waals surface area contributed by atoms with E-state index in [1.165, 1.54) is 31.9 Å². The number of anilines is 1. The molecule has 1 atom stereocenters. The maximum Gasteiger partial charge on any atom is 0.363 e. The van der Waals surface area contributed by atoms with Crippen LogP contribution in [0, 0.1) is 0 Å². The van der Waals surface area contributed by atoms with E-state index >= 15 is 0 Å². The fourth-order valence-electron chi connectivity index (χ4n) is 0.909. The Balaban J connectivity index is 0.000000796. The topological polar surface area (TPSA) is 84.9 Å². The van der Waals surface area contributed by atoms with Crippen LogP contribution in [0.5, 0.6) is 5.75 Å². The van der Waals surface area contributed by atoms with E-state index in [0.717, 1.165) is 6.66 Å². The van der Waals surface area contributed by atoms with Crippen molar-refractivity contribution in [1.29, 1.82) is 0 Å². The third kappa shape index (κ3) is 10.6. The van der Waals surface area contributed by atoms with Crippen molar-refractivity contribution in [3.63, 3.8) is 0 Å². The molecule has 0 saturated heterocycles. The lowest BCUT2D eigenvalue weighted by Gasteiger charge is -2.07. The molecule has 0 aliphatic rings. The van der Waals surface area contributed by atoms with E-state index in [4.69, 9.17) is 4.89 Å². The molecule has 0 bridgehead atoms. The summed E-state index contributed by atoms with van der Waals surface area (Å²) in [5.41, 5.74) is 0.600. The Morgan fingerprint density at radius 2 is 1.75 bits per heavy atom. The zero-order valence-corrected chi connectivity index (χ0v) is 13.1. The first-order chi connectivity index (χ1) is 9.28. The molecular weight excluding hydrogens is 281 g/mol. The van der Waals surface area contributed by atoms with Gasteiger partial charge in [0.1, 0.15) is 0 Å². The molecule has 0 spiro atoms. The van der Waals surface area contributed by atoms with Gasteiger partial charge in [-0.25, -0.2) is 0 Å². The minimum Gasteiger partial charge on any atom is -0.329 e. The molecule has 20 heavy (non-hydrogen) atoms. The lowest BCUT2D eigenvalue weighted by atomic mass is 10.3. The number of benzene rings is 1. The largest absolute Gasteiger partial charge is 0.363 e. The Morgan fingerprint density at radius 1 is 1.25 bits per heavy atom. The molecule has 7 heteroatoms. The van der Waals surface area contributed by atoms with Crippen LogP contribution >= 0.6 is 7.60 Å². The van der Waals surface area contributed by atoms with Crippen LogP contribution in [0.3, 0.4) is 0 Å². The number of carbonyl (C=O) groups is 1. The van der Waals surface area contributed by atoms with Gasteiger partial charge < -0.3 is 15.1 Å². The van der Waals surface area contributed by atoms with Gasteiger partial charge in [-0.15, -0.1) is 4.67 Å². The van der Waals surface area contributed by atoms with E-state index in [-0.39, 0.29) is 11.7 Å². The van der Waals surface area contributed by atoms with E-state index in [1.807, 2.05) is 0 Å². The Bertz CT molecular complexity index is 439. The Kier molecular flexibility index (Phi) is 8.88. The molecule has 1 aromatic rings. The second-order valence-electron chi connectivity index (χ2n) is 4.17. The zero-order valence-electron chi connectivity index (χ0n) is 12.3. The molecular formula is C13H22NO5P. The Labute approximate surface area is 119 Å². The van der Waals surface area contributed by atoms with E-state index < -0.39 is 7.60 Å². The highest BCUT2D eigenvalue weighted by atomic mass is 31.2. The highest BCUT2D eigenvalue weighted by Crippen LogP contribution is 2.37. The van der Waals surface area contributed by atoms with Crippen molar-refractivity contribution in [3.8, 4) is 5.75 Å². The first-order valence-electron chi connectivity index (χ1n) is 6.32. The van der Waals surface area contributed by atoms with Gasteiger partial charge in [0.15, 0.2) is 5.75 Å². The van der Waals surface area contributed by atoms with Crippen molar-refractivity contribution in [1.82, 2.24) is 0 Å². The molecule has 0 heterocycles. The van der Waals surface area contributed by atoms with Crippen LogP contribution in [0.4, 0.5) is 5.69 Å². The quantitative estimate of drug-likeness (QED) is 0.493. The highest BCUT2D eigenvalue weighted by molar-refractivity contribution is 7.51. The fourth-order valence-corrected chi connectivity index (χ4v) is 1.13. The average molecular weight is 303 g/mol. The average Bonchev–Trinajstić information content (AvgIpc) is 2.37. The lowest BCUT2D eigenvalue weighted by Crippen LogP contribution is -2.05. The van der Waals surface area contributed by atoms with Crippen LogP contribution in [-0.2, 0) is 14.0 Å². The Morgan fingerprint density at radius 3 is 2.10 bits per heavy atom. The minimum atomic E-state index is -3.66. The van der Waals surface area contributed by atoms with Gasteiger partial charge in [-0.3, -0.25) is 9.36 Å². The summed E-state index contributed by atoms with van der Waals surface area (Å²) in [5.74, 6) is 0.0866. The molecule has 6 nitrogen and oxygen atoms in total. The molecule has 1 aromatic carbocycles. The van der Waals surface area contributed by atoms with E-state index in [2.05, 4.69) is 28.7 Å². The van der Waals surface area contributed by atoms with Gasteiger partial charge in [-0.1, -0.05) is 26.7 Å². The molecule has 0 radical (unpaired) electrons. The van der Waals surface area contributed by atoms with Gasteiger partial charge in [0, 0.05) is 19.3 Å². The molecule has 0 aliphatic heterocycles. The number of unbranched alkanes of at least 4 members (excludes halogenated alkanes) is 1. The number of hydrogen-bond donors (Lipinski definition) is 2. The maximum atomic E-state index is 10.8. The van der Waals surface area contributed by atoms with Crippen molar-refractivity contribution in [2.24, 2.45) is 0 Å². The number of amides is 1. The van der Waals surface area contributed by atoms with Crippen LogP contribution < -0.4 is 10.2 Å². The molecule has 1 unspecified atom stereocenters. The first-order valence-corrected chi connectivity index (χ1v) is 8.35. The van der Waals surface area contributed by atoms with Crippen LogP contribution in [0.25, 0.3) is 0 Å². The number of carbonyl (C=O) groups excluding carboxylic acids is 1.